The molecule has 1 aromatic rings. The van der Waals surface area contributed by atoms with Gasteiger partial charge in [0.2, 0.25) is 5.91 Å². The summed E-state index contributed by atoms with van der Waals surface area (Å²) in [5.74, 6) is 2.40. The molecule has 1 amide bonds. The fourth-order valence-corrected chi connectivity index (χ4v) is 2.13. The molecule has 1 saturated carbocycles. The molecule has 1 aliphatic carbocycles. The Morgan fingerprint density at radius 3 is 2.81 bits per heavy atom. The van der Waals surface area contributed by atoms with E-state index in [2.05, 4.69) is 11.7 Å². The quantitative estimate of drug-likeness (QED) is 0.596. The molecule has 21 heavy (non-hydrogen) atoms. The van der Waals surface area contributed by atoms with Crippen molar-refractivity contribution >= 4 is 18.0 Å². The van der Waals surface area contributed by atoms with E-state index in [0.717, 1.165) is 5.76 Å². The van der Waals surface area contributed by atoms with Crippen LogP contribution in [0.2, 0.25) is 0 Å². The summed E-state index contributed by atoms with van der Waals surface area (Å²) in [4.78, 5) is 24.4. The molecule has 0 saturated heterocycles. The number of methoxy groups -OCH3 is 1. The average Bonchev–Trinajstić information content (AvgIpc) is 3.02. The molecule has 0 aromatic carbocycles. The molecule has 5 nitrogen and oxygen atoms in total. The van der Waals surface area contributed by atoms with Crippen molar-refractivity contribution in [2.24, 2.45) is 5.92 Å². The van der Waals surface area contributed by atoms with Crippen molar-refractivity contribution < 1.29 is 18.7 Å². The summed E-state index contributed by atoms with van der Waals surface area (Å²) in [6.07, 6.45) is 4.48. The molecule has 0 bridgehead atoms. The van der Waals surface area contributed by atoms with Crippen LogP contribution in [0.4, 0.5) is 0 Å². The number of amides is 1. The average molecular weight is 291 g/mol. The minimum atomic E-state index is -0.326. The van der Waals surface area contributed by atoms with Crippen LogP contribution < -0.4 is 0 Å². The summed E-state index contributed by atoms with van der Waals surface area (Å²) < 4.78 is 10.2. The molecule has 0 radical (unpaired) electrons. The van der Waals surface area contributed by atoms with E-state index in [-0.39, 0.29) is 18.3 Å². The van der Waals surface area contributed by atoms with Crippen LogP contribution in [0, 0.1) is 5.92 Å². The zero-order valence-electron chi connectivity index (χ0n) is 12.7. The normalized spacial score (nSPS) is 20.5. The Bertz CT molecular complexity index is 546. The van der Waals surface area contributed by atoms with Gasteiger partial charge in [0.1, 0.15) is 11.5 Å². The molecule has 0 N–H and O–H groups in total. The van der Waals surface area contributed by atoms with Crippen LogP contribution >= 0.6 is 0 Å². The highest BCUT2D eigenvalue weighted by Crippen LogP contribution is 2.47. The van der Waals surface area contributed by atoms with Gasteiger partial charge in [0.15, 0.2) is 0 Å². The summed E-state index contributed by atoms with van der Waals surface area (Å²) in [6, 6.07) is 3.85. The first-order chi connectivity index (χ1) is 10.0. The minimum absolute atomic E-state index is 0.170. The second kappa shape index (κ2) is 6.61. The van der Waals surface area contributed by atoms with Gasteiger partial charge in [-0.25, -0.2) is 0 Å². The van der Waals surface area contributed by atoms with Crippen molar-refractivity contribution in [1.29, 1.82) is 0 Å². The standard InChI is InChI=1S/C16H21NO4/c1-11-10-13(11)14-6-4-12(21-14)5-7-15(18)17(2)9-8-16(19)20-3/h4-7,11,13H,8-10H2,1-3H3. The number of hydrogen-bond acceptors (Lipinski definition) is 4. The Kier molecular flexibility index (Phi) is 4.83. The Morgan fingerprint density at radius 2 is 2.19 bits per heavy atom. The monoisotopic (exact) mass is 291 g/mol. The van der Waals surface area contributed by atoms with E-state index in [1.54, 1.807) is 13.1 Å². The fourth-order valence-electron chi connectivity index (χ4n) is 2.13. The summed E-state index contributed by atoms with van der Waals surface area (Å²) in [5.41, 5.74) is 0. The van der Waals surface area contributed by atoms with Crippen LogP contribution in [0.1, 0.15) is 37.2 Å². The van der Waals surface area contributed by atoms with Crippen LogP contribution in [0.5, 0.6) is 0 Å². The first-order valence-electron chi connectivity index (χ1n) is 7.11. The lowest BCUT2D eigenvalue weighted by Crippen LogP contribution is -2.27. The summed E-state index contributed by atoms with van der Waals surface area (Å²) >= 11 is 0. The Morgan fingerprint density at radius 1 is 1.48 bits per heavy atom. The fraction of sp³-hybridized carbons (Fsp3) is 0.500. The van der Waals surface area contributed by atoms with Gasteiger partial charge < -0.3 is 14.1 Å². The topological polar surface area (TPSA) is 59.8 Å². The molecule has 2 atom stereocenters. The molecule has 5 heteroatoms. The maximum absolute atomic E-state index is 11.9. The lowest BCUT2D eigenvalue weighted by atomic mass is 10.3. The van der Waals surface area contributed by atoms with Gasteiger partial charge in [-0.3, -0.25) is 9.59 Å². The third kappa shape index (κ3) is 4.21. The van der Waals surface area contributed by atoms with Gasteiger partial charge in [-0.05, 0) is 30.5 Å². The van der Waals surface area contributed by atoms with Gasteiger partial charge in [0.25, 0.3) is 0 Å². The van der Waals surface area contributed by atoms with Gasteiger partial charge in [-0.2, -0.15) is 0 Å². The number of likely N-dealkylation sites (N-methyl/N-ethyl adjacent to an activating group) is 1. The summed E-state index contributed by atoms with van der Waals surface area (Å²) in [7, 11) is 2.98. The molecule has 114 valence electrons. The molecule has 1 heterocycles. The third-order valence-corrected chi connectivity index (χ3v) is 3.77. The molecule has 2 rings (SSSR count). The lowest BCUT2D eigenvalue weighted by Gasteiger charge is -2.13. The number of hydrogen-bond donors (Lipinski definition) is 0. The molecule has 0 aliphatic heterocycles. The number of carbonyl (C=O) groups is 2. The maximum Gasteiger partial charge on any atom is 0.307 e. The van der Waals surface area contributed by atoms with Gasteiger partial charge in [0.05, 0.1) is 13.5 Å². The van der Waals surface area contributed by atoms with Crippen LogP contribution in [0.15, 0.2) is 22.6 Å². The SMILES string of the molecule is COC(=O)CCN(C)C(=O)C=Cc1ccc(C2CC2C)o1. The number of carbonyl (C=O) groups excluding carboxylic acids is 2. The highest BCUT2D eigenvalue weighted by Gasteiger charge is 2.36. The van der Waals surface area contributed by atoms with E-state index in [9.17, 15) is 9.59 Å². The summed E-state index contributed by atoms with van der Waals surface area (Å²) in [6.45, 7) is 2.53. The van der Waals surface area contributed by atoms with Gasteiger partial charge >= 0.3 is 5.97 Å². The molecule has 0 spiro atoms. The van der Waals surface area contributed by atoms with Crippen LogP contribution in [0.3, 0.4) is 0 Å². The van der Waals surface area contributed by atoms with Crippen molar-refractivity contribution in [2.75, 3.05) is 20.7 Å². The van der Waals surface area contributed by atoms with Gasteiger partial charge in [0, 0.05) is 25.6 Å². The van der Waals surface area contributed by atoms with E-state index in [4.69, 9.17) is 4.42 Å². The van der Waals surface area contributed by atoms with Gasteiger partial charge in [-0.1, -0.05) is 6.92 Å². The van der Waals surface area contributed by atoms with Crippen LogP contribution in [0.25, 0.3) is 6.08 Å². The zero-order valence-corrected chi connectivity index (χ0v) is 12.7. The number of ether oxygens (including phenoxy) is 1. The lowest BCUT2D eigenvalue weighted by molar-refractivity contribution is -0.141. The maximum atomic E-state index is 11.9. The Labute approximate surface area is 124 Å². The van der Waals surface area contributed by atoms with Crippen molar-refractivity contribution in [3.8, 4) is 0 Å². The predicted octanol–water partition coefficient (Wildman–Crippen LogP) is 2.44. The minimum Gasteiger partial charge on any atom is -0.469 e. The second-order valence-corrected chi connectivity index (χ2v) is 5.48. The smallest absolute Gasteiger partial charge is 0.307 e. The van der Waals surface area contributed by atoms with Gasteiger partial charge in [-0.15, -0.1) is 0 Å². The Hall–Kier alpha value is -2.04. The molecule has 2 unspecified atom stereocenters. The number of esters is 1. The largest absolute Gasteiger partial charge is 0.469 e. The molecule has 1 fully saturated rings. The number of furan rings is 1. The van der Waals surface area contributed by atoms with E-state index in [1.807, 2.05) is 12.1 Å². The van der Waals surface area contributed by atoms with Crippen molar-refractivity contribution in [3.05, 3.63) is 29.7 Å². The van der Waals surface area contributed by atoms with Crippen molar-refractivity contribution in [2.45, 2.75) is 25.7 Å². The highest BCUT2D eigenvalue weighted by atomic mass is 16.5. The predicted molar refractivity (Wildman–Crippen MR) is 78.5 cm³/mol. The van der Waals surface area contributed by atoms with Crippen molar-refractivity contribution in [1.82, 2.24) is 4.90 Å². The van der Waals surface area contributed by atoms with Crippen LogP contribution in [-0.4, -0.2) is 37.5 Å². The van der Waals surface area contributed by atoms with Crippen LogP contribution in [-0.2, 0) is 14.3 Å². The number of rotatable bonds is 6. The zero-order chi connectivity index (χ0) is 15.4. The summed E-state index contributed by atoms with van der Waals surface area (Å²) in [5, 5.41) is 0. The molecular formula is C16H21NO4. The third-order valence-electron chi connectivity index (χ3n) is 3.77. The second-order valence-electron chi connectivity index (χ2n) is 5.48. The first-order valence-corrected chi connectivity index (χ1v) is 7.11. The van der Waals surface area contributed by atoms with E-state index in [0.29, 0.717) is 24.1 Å². The first kappa shape index (κ1) is 15.4. The number of nitrogens with zero attached hydrogens (tertiary/aromatic N) is 1. The molecule has 1 aliphatic rings. The Balaban J connectivity index is 1.83. The molecular weight excluding hydrogens is 270 g/mol. The van der Waals surface area contributed by atoms with Crippen molar-refractivity contribution in [3.63, 3.8) is 0 Å². The van der Waals surface area contributed by atoms with E-state index in [1.165, 1.54) is 24.5 Å². The van der Waals surface area contributed by atoms with E-state index < -0.39 is 0 Å². The molecule has 1 aromatic heterocycles. The van der Waals surface area contributed by atoms with E-state index >= 15 is 0 Å². The highest BCUT2D eigenvalue weighted by molar-refractivity contribution is 5.91.